The molecule has 0 aromatic heterocycles. The summed E-state index contributed by atoms with van der Waals surface area (Å²) in [6.45, 7) is 3.22. The van der Waals surface area contributed by atoms with E-state index in [9.17, 15) is 9.18 Å². The van der Waals surface area contributed by atoms with Crippen molar-refractivity contribution in [3.63, 3.8) is 0 Å². The van der Waals surface area contributed by atoms with Gasteiger partial charge in [-0.3, -0.25) is 9.69 Å². The molecule has 1 aromatic carbocycles. The van der Waals surface area contributed by atoms with Crippen LogP contribution in [0.3, 0.4) is 0 Å². The maximum Gasteiger partial charge on any atom is 0.319 e. The molecule has 1 rings (SSSR count). The van der Waals surface area contributed by atoms with Gasteiger partial charge in [-0.15, -0.1) is 0 Å². The lowest BCUT2D eigenvalue weighted by molar-refractivity contribution is -0.142. The van der Waals surface area contributed by atoms with Gasteiger partial charge in [0.15, 0.2) is 0 Å². The minimum Gasteiger partial charge on any atom is -0.468 e. The number of halogens is 1. The maximum absolute atomic E-state index is 13.1. The summed E-state index contributed by atoms with van der Waals surface area (Å²) >= 11 is 0. The molecule has 5 heteroatoms. The number of nitrogens with zero attached hydrogens (tertiary/aromatic N) is 2. The first-order chi connectivity index (χ1) is 8.60. The molecule has 0 saturated heterocycles. The maximum atomic E-state index is 13.1. The van der Waals surface area contributed by atoms with Gasteiger partial charge in [-0.1, -0.05) is 13.0 Å². The molecule has 0 radical (unpaired) electrons. The van der Waals surface area contributed by atoms with Crippen LogP contribution < -0.4 is 0 Å². The van der Waals surface area contributed by atoms with Crippen molar-refractivity contribution < 1.29 is 13.9 Å². The van der Waals surface area contributed by atoms with Crippen LogP contribution in [0, 0.1) is 17.1 Å². The van der Waals surface area contributed by atoms with E-state index in [0.717, 1.165) is 5.56 Å². The van der Waals surface area contributed by atoms with Crippen LogP contribution >= 0.6 is 0 Å². The Balaban J connectivity index is 2.76. The number of likely N-dealkylation sites (N-methyl/N-ethyl adjacent to an activating group) is 1. The second-order valence-electron chi connectivity index (χ2n) is 3.81. The van der Waals surface area contributed by atoms with Crippen molar-refractivity contribution in [3.8, 4) is 6.07 Å². The fourth-order valence-electron chi connectivity index (χ4n) is 1.54. The van der Waals surface area contributed by atoms with Crippen LogP contribution in [0.15, 0.2) is 18.2 Å². The second kappa shape index (κ2) is 6.72. The molecule has 18 heavy (non-hydrogen) atoms. The zero-order valence-electron chi connectivity index (χ0n) is 10.4. The van der Waals surface area contributed by atoms with Crippen LogP contribution in [0.1, 0.15) is 18.1 Å². The van der Waals surface area contributed by atoms with Gasteiger partial charge in [0.25, 0.3) is 0 Å². The van der Waals surface area contributed by atoms with E-state index in [-0.39, 0.29) is 18.1 Å². The zero-order chi connectivity index (χ0) is 13.5. The fraction of sp³-hybridized carbons (Fsp3) is 0.385. The third-order valence-electron chi connectivity index (χ3n) is 2.58. The Labute approximate surface area is 106 Å². The molecule has 96 valence electrons. The SMILES string of the molecule is CCN(CC(=O)OC)Cc1ccc(F)c(C#N)c1. The van der Waals surface area contributed by atoms with Gasteiger partial charge in [-0.05, 0) is 24.2 Å². The van der Waals surface area contributed by atoms with Gasteiger partial charge in [0.2, 0.25) is 0 Å². The molecule has 0 fully saturated rings. The molecule has 0 atom stereocenters. The Morgan fingerprint density at radius 3 is 2.83 bits per heavy atom. The lowest BCUT2D eigenvalue weighted by Gasteiger charge is -2.18. The average Bonchev–Trinajstić information content (AvgIpc) is 2.39. The van der Waals surface area contributed by atoms with E-state index in [0.29, 0.717) is 13.1 Å². The average molecular weight is 250 g/mol. The molecule has 4 nitrogen and oxygen atoms in total. The molecule has 0 bridgehead atoms. The normalized spacial score (nSPS) is 10.2. The van der Waals surface area contributed by atoms with Gasteiger partial charge in [-0.2, -0.15) is 5.26 Å². The van der Waals surface area contributed by atoms with Crippen LogP contribution in [-0.2, 0) is 16.1 Å². The third-order valence-corrected chi connectivity index (χ3v) is 2.58. The van der Waals surface area contributed by atoms with E-state index >= 15 is 0 Å². The van der Waals surface area contributed by atoms with Gasteiger partial charge >= 0.3 is 5.97 Å². The van der Waals surface area contributed by atoms with Gasteiger partial charge in [0.05, 0.1) is 19.2 Å². The lowest BCUT2D eigenvalue weighted by Crippen LogP contribution is -2.30. The molecule has 0 spiro atoms. The van der Waals surface area contributed by atoms with E-state index in [1.807, 2.05) is 11.8 Å². The number of hydrogen-bond acceptors (Lipinski definition) is 4. The molecule has 0 amide bonds. The minimum absolute atomic E-state index is 0.0154. The molecular weight excluding hydrogens is 235 g/mol. The number of hydrogen-bond donors (Lipinski definition) is 0. The highest BCUT2D eigenvalue weighted by Gasteiger charge is 2.11. The van der Waals surface area contributed by atoms with E-state index in [4.69, 9.17) is 5.26 Å². The summed E-state index contributed by atoms with van der Waals surface area (Å²) in [6.07, 6.45) is 0. The fourth-order valence-corrected chi connectivity index (χ4v) is 1.54. The standard InChI is InChI=1S/C13H15FN2O2/c1-3-16(9-13(17)18-2)8-10-4-5-12(14)11(6-10)7-15/h4-6H,3,8-9H2,1-2H3. The van der Waals surface area contributed by atoms with Gasteiger partial charge in [0, 0.05) is 6.54 Å². The first-order valence-electron chi connectivity index (χ1n) is 5.58. The number of carbonyl (C=O) groups is 1. The van der Waals surface area contributed by atoms with Crippen molar-refractivity contribution in [1.29, 1.82) is 5.26 Å². The van der Waals surface area contributed by atoms with Crippen molar-refractivity contribution >= 4 is 5.97 Å². The lowest BCUT2D eigenvalue weighted by atomic mass is 10.1. The van der Waals surface area contributed by atoms with Gasteiger partial charge < -0.3 is 4.74 Å². The number of rotatable bonds is 5. The zero-order valence-corrected chi connectivity index (χ0v) is 10.4. The summed E-state index contributed by atoms with van der Waals surface area (Å²) in [4.78, 5) is 13.0. The Morgan fingerprint density at radius 2 is 2.28 bits per heavy atom. The van der Waals surface area contributed by atoms with Crippen molar-refractivity contribution in [2.75, 3.05) is 20.2 Å². The highest BCUT2D eigenvalue weighted by atomic mass is 19.1. The minimum atomic E-state index is -0.530. The number of nitriles is 1. The number of benzene rings is 1. The second-order valence-corrected chi connectivity index (χ2v) is 3.81. The molecule has 0 N–H and O–H groups in total. The Kier molecular flexibility index (Phi) is 5.28. The quantitative estimate of drug-likeness (QED) is 0.746. The molecule has 0 saturated carbocycles. The van der Waals surface area contributed by atoms with Crippen LogP contribution in [0.25, 0.3) is 0 Å². The van der Waals surface area contributed by atoms with Crippen LogP contribution in [-0.4, -0.2) is 31.1 Å². The number of methoxy groups -OCH3 is 1. The highest BCUT2D eigenvalue weighted by Crippen LogP contribution is 2.11. The van der Waals surface area contributed by atoms with Crippen LogP contribution in [0.5, 0.6) is 0 Å². The van der Waals surface area contributed by atoms with Crippen molar-refractivity contribution in [2.45, 2.75) is 13.5 Å². The summed E-state index contributed by atoms with van der Waals surface area (Å²) in [5.74, 6) is -0.850. The predicted molar refractivity (Wildman–Crippen MR) is 64.1 cm³/mol. The van der Waals surface area contributed by atoms with E-state index in [2.05, 4.69) is 4.74 Å². The highest BCUT2D eigenvalue weighted by molar-refractivity contribution is 5.71. The third kappa shape index (κ3) is 3.82. The Morgan fingerprint density at radius 1 is 1.56 bits per heavy atom. The van der Waals surface area contributed by atoms with Gasteiger partial charge in [-0.25, -0.2) is 4.39 Å². The van der Waals surface area contributed by atoms with E-state index < -0.39 is 5.82 Å². The first-order valence-corrected chi connectivity index (χ1v) is 5.58. The summed E-state index contributed by atoms with van der Waals surface area (Å²) in [7, 11) is 1.34. The largest absolute Gasteiger partial charge is 0.468 e. The van der Waals surface area contributed by atoms with Crippen LogP contribution in [0.2, 0.25) is 0 Å². The predicted octanol–water partition coefficient (Wildman–Crippen LogP) is 1.69. The summed E-state index contributed by atoms with van der Waals surface area (Å²) < 4.78 is 17.7. The molecule has 0 heterocycles. The van der Waals surface area contributed by atoms with Gasteiger partial charge in [0.1, 0.15) is 11.9 Å². The molecule has 1 aromatic rings. The first kappa shape index (κ1) is 14.1. The monoisotopic (exact) mass is 250 g/mol. The summed E-state index contributed by atoms with van der Waals surface area (Å²) in [6, 6.07) is 6.16. The number of carbonyl (C=O) groups excluding carboxylic acids is 1. The topological polar surface area (TPSA) is 53.3 Å². The van der Waals surface area contributed by atoms with E-state index in [1.165, 1.54) is 19.2 Å². The Bertz CT molecular complexity index is 469. The van der Waals surface area contributed by atoms with Crippen molar-refractivity contribution in [3.05, 3.63) is 35.1 Å². The van der Waals surface area contributed by atoms with Crippen molar-refractivity contribution in [1.82, 2.24) is 4.90 Å². The molecular formula is C13H15FN2O2. The van der Waals surface area contributed by atoms with Crippen LogP contribution in [0.4, 0.5) is 4.39 Å². The summed E-state index contributed by atoms with van der Waals surface area (Å²) in [5, 5.41) is 8.74. The number of esters is 1. The summed E-state index contributed by atoms with van der Waals surface area (Å²) in [5.41, 5.74) is 0.806. The smallest absolute Gasteiger partial charge is 0.319 e. The van der Waals surface area contributed by atoms with Crippen molar-refractivity contribution in [2.24, 2.45) is 0 Å². The molecule has 0 aliphatic rings. The molecule has 0 aliphatic carbocycles. The van der Waals surface area contributed by atoms with E-state index in [1.54, 1.807) is 12.1 Å². The number of ether oxygens (including phenoxy) is 1. The Hall–Kier alpha value is -1.93. The molecule has 0 aliphatic heterocycles. The molecule has 0 unspecified atom stereocenters.